The van der Waals surface area contributed by atoms with Gasteiger partial charge in [0.05, 0.1) is 17.7 Å². The molecule has 2 saturated heterocycles. The highest BCUT2D eigenvalue weighted by Crippen LogP contribution is 2.36. The second-order valence-corrected chi connectivity index (χ2v) is 10.2. The maximum Gasteiger partial charge on any atom is 0.416 e. The van der Waals surface area contributed by atoms with E-state index < -0.39 is 65.5 Å². The van der Waals surface area contributed by atoms with E-state index in [1.807, 2.05) is 0 Å². The van der Waals surface area contributed by atoms with Gasteiger partial charge in [-0.05, 0) is 62.1 Å². The topological polar surface area (TPSA) is 73.4 Å². The van der Waals surface area contributed by atoms with Gasteiger partial charge in [0.25, 0.3) is 0 Å². The summed E-state index contributed by atoms with van der Waals surface area (Å²) in [6, 6.07) is 6.36. The molecule has 2 aliphatic heterocycles. The van der Waals surface area contributed by atoms with E-state index >= 15 is 0 Å². The SMILES string of the molecule is CCN(C)C.O=C1CN2C(=O)CCN(C(=O)OCc3cc(C(F)(F)F)cc(C(F)(F)F)c3)C2CN1Cc1cccc(F)c1. The third-order valence-corrected chi connectivity index (χ3v) is 6.79. The molecule has 0 radical (unpaired) electrons. The van der Waals surface area contributed by atoms with Gasteiger partial charge in [-0.3, -0.25) is 14.5 Å². The van der Waals surface area contributed by atoms with Crippen LogP contribution in [0, 0.1) is 5.82 Å². The zero-order chi connectivity index (χ0) is 32.1. The lowest BCUT2D eigenvalue weighted by molar-refractivity contribution is -0.160. The third-order valence-electron chi connectivity index (χ3n) is 6.79. The Hall–Kier alpha value is -3.88. The van der Waals surface area contributed by atoms with E-state index in [0.29, 0.717) is 17.7 Å². The molecule has 2 aliphatic rings. The first-order valence-corrected chi connectivity index (χ1v) is 13.2. The van der Waals surface area contributed by atoms with Gasteiger partial charge in [-0.25, -0.2) is 9.18 Å². The lowest BCUT2D eigenvalue weighted by Crippen LogP contribution is -2.67. The normalized spacial score (nSPS) is 17.5. The first-order valence-electron chi connectivity index (χ1n) is 13.2. The molecule has 1 unspecified atom stereocenters. The van der Waals surface area contributed by atoms with Crippen molar-refractivity contribution in [1.29, 1.82) is 0 Å². The summed E-state index contributed by atoms with van der Waals surface area (Å²) >= 11 is 0. The number of piperazine rings is 1. The number of fused-ring (bicyclic) bond motifs is 1. The summed E-state index contributed by atoms with van der Waals surface area (Å²) < 4.78 is 97.3. The van der Waals surface area contributed by atoms with Crippen LogP contribution in [0.1, 0.15) is 35.6 Å². The van der Waals surface area contributed by atoms with Crippen LogP contribution >= 0.6 is 0 Å². The molecule has 0 spiro atoms. The van der Waals surface area contributed by atoms with Gasteiger partial charge in [-0.2, -0.15) is 26.3 Å². The van der Waals surface area contributed by atoms with Crippen molar-refractivity contribution in [3.05, 3.63) is 70.5 Å². The Morgan fingerprint density at radius 1 is 0.953 bits per heavy atom. The Morgan fingerprint density at radius 3 is 2.09 bits per heavy atom. The number of alkyl halides is 6. The van der Waals surface area contributed by atoms with Crippen molar-refractivity contribution in [2.24, 2.45) is 0 Å². The highest BCUT2D eigenvalue weighted by molar-refractivity contribution is 5.88. The van der Waals surface area contributed by atoms with Gasteiger partial charge in [0.1, 0.15) is 25.1 Å². The first kappa shape index (κ1) is 33.6. The van der Waals surface area contributed by atoms with Crippen LogP contribution in [-0.4, -0.2) is 83.9 Å². The van der Waals surface area contributed by atoms with Crippen molar-refractivity contribution in [1.82, 2.24) is 19.6 Å². The minimum atomic E-state index is -5.06. The fourth-order valence-corrected chi connectivity index (χ4v) is 4.33. The van der Waals surface area contributed by atoms with Crippen molar-refractivity contribution in [3.63, 3.8) is 0 Å². The van der Waals surface area contributed by atoms with Crippen molar-refractivity contribution < 1.29 is 49.9 Å². The number of hydrogen-bond acceptors (Lipinski definition) is 5. The van der Waals surface area contributed by atoms with Crippen LogP contribution in [0.5, 0.6) is 0 Å². The van der Waals surface area contributed by atoms with Crippen molar-refractivity contribution >= 4 is 17.9 Å². The van der Waals surface area contributed by atoms with E-state index in [4.69, 9.17) is 4.74 Å². The highest BCUT2D eigenvalue weighted by Gasteiger charge is 2.44. The van der Waals surface area contributed by atoms with Crippen LogP contribution < -0.4 is 0 Å². The molecule has 0 bridgehead atoms. The average molecular weight is 621 g/mol. The lowest BCUT2D eigenvalue weighted by Gasteiger charge is -2.48. The van der Waals surface area contributed by atoms with Gasteiger partial charge in [-0.1, -0.05) is 19.1 Å². The molecule has 2 aromatic rings. The Bertz CT molecular complexity index is 1280. The summed E-state index contributed by atoms with van der Waals surface area (Å²) in [5, 5.41) is 0. The summed E-state index contributed by atoms with van der Waals surface area (Å²) in [5.41, 5.74) is -3.16. The molecule has 1 atom stereocenters. The first-order chi connectivity index (χ1) is 20.0. The lowest BCUT2D eigenvalue weighted by atomic mass is 10.1. The second-order valence-electron chi connectivity index (χ2n) is 10.2. The van der Waals surface area contributed by atoms with Crippen LogP contribution in [-0.2, 0) is 39.8 Å². The van der Waals surface area contributed by atoms with E-state index in [2.05, 4.69) is 25.9 Å². The number of amides is 3. The molecule has 15 heteroatoms. The van der Waals surface area contributed by atoms with Gasteiger partial charge >= 0.3 is 18.4 Å². The molecule has 2 heterocycles. The van der Waals surface area contributed by atoms with Crippen molar-refractivity contribution in [2.45, 2.75) is 45.0 Å². The molecule has 236 valence electrons. The molecule has 43 heavy (non-hydrogen) atoms. The van der Waals surface area contributed by atoms with Crippen molar-refractivity contribution in [3.8, 4) is 0 Å². The predicted molar refractivity (Wildman–Crippen MR) is 139 cm³/mol. The number of hydrogen-bond donors (Lipinski definition) is 0. The molecule has 3 amide bonds. The zero-order valence-corrected chi connectivity index (χ0v) is 23.6. The Labute approximate surface area is 243 Å². The Kier molecular flexibility index (Phi) is 10.6. The summed E-state index contributed by atoms with van der Waals surface area (Å²) in [5.74, 6) is -1.38. The van der Waals surface area contributed by atoms with Crippen LogP contribution in [0.25, 0.3) is 0 Å². The monoisotopic (exact) mass is 620 g/mol. The Balaban J connectivity index is 0.000000934. The number of carbonyl (C=O) groups excluding carboxylic acids is 3. The molecule has 0 aliphatic carbocycles. The van der Waals surface area contributed by atoms with Crippen LogP contribution in [0.3, 0.4) is 0 Å². The van der Waals surface area contributed by atoms with Gasteiger partial charge in [-0.15, -0.1) is 0 Å². The highest BCUT2D eigenvalue weighted by atomic mass is 19.4. The van der Waals surface area contributed by atoms with E-state index in [-0.39, 0.29) is 38.7 Å². The third kappa shape index (κ3) is 9.05. The van der Waals surface area contributed by atoms with Crippen molar-refractivity contribution in [2.75, 3.05) is 40.3 Å². The zero-order valence-electron chi connectivity index (χ0n) is 23.6. The summed E-state index contributed by atoms with van der Waals surface area (Å²) in [6.07, 6.45) is -12.4. The van der Waals surface area contributed by atoms with Crippen LogP contribution in [0.2, 0.25) is 0 Å². The van der Waals surface area contributed by atoms with E-state index in [0.717, 1.165) is 16.3 Å². The molecule has 2 fully saturated rings. The smallest absolute Gasteiger partial charge is 0.416 e. The van der Waals surface area contributed by atoms with E-state index in [9.17, 15) is 45.1 Å². The maximum atomic E-state index is 13.6. The van der Waals surface area contributed by atoms with Gasteiger partial charge < -0.3 is 19.4 Å². The minimum absolute atomic E-state index is 0.0114. The summed E-state index contributed by atoms with van der Waals surface area (Å²) in [7, 11) is 4.11. The second kappa shape index (κ2) is 13.6. The van der Waals surface area contributed by atoms with Crippen LogP contribution in [0.15, 0.2) is 42.5 Å². The fraction of sp³-hybridized carbons (Fsp3) is 0.464. The van der Waals surface area contributed by atoms with E-state index in [1.165, 1.54) is 23.1 Å². The number of carbonyl (C=O) groups is 3. The van der Waals surface area contributed by atoms with Gasteiger partial charge in [0, 0.05) is 19.5 Å². The Morgan fingerprint density at radius 2 is 1.56 bits per heavy atom. The molecule has 0 N–H and O–H groups in total. The maximum absolute atomic E-state index is 13.6. The standard InChI is InChI=1S/C24H20F7N3O4.C4H11N/c25-18-3-1-2-14(8-18)10-32-11-19-33(5-4-20(35)34(19)12-21(32)36)22(37)38-13-15-6-16(23(26,27)28)9-17(7-15)24(29,30)31;1-4-5(2)3/h1-3,6-9,19H,4-5,10-13H2;4H2,1-3H3. The van der Waals surface area contributed by atoms with Gasteiger partial charge in [0.2, 0.25) is 11.8 Å². The predicted octanol–water partition coefficient (Wildman–Crippen LogP) is 4.97. The number of nitrogens with zero attached hydrogens (tertiary/aromatic N) is 4. The van der Waals surface area contributed by atoms with Gasteiger partial charge in [0.15, 0.2) is 0 Å². The summed E-state index contributed by atoms with van der Waals surface area (Å²) in [4.78, 5) is 43.6. The quantitative estimate of drug-likeness (QED) is 0.442. The fourth-order valence-electron chi connectivity index (χ4n) is 4.33. The molecule has 4 rings (SSSR count). The average Bonchev–Trinajstić information content (AvgIpc) is 2.92. The summed E-state index contributed by atoms with van der Waals surface area (Å²) in [6.45, 7) is 1.69. The molecule has 0 saturated carbocycles. The number of benzene rings is 2. The van der Waals surface area contributed by atoms with E-state index in [1.54, 1.807) is 6.07 Å². The number of ether oxygens (including phenoxy) is 1. The molecular formula is C28H31F7N4O4. The largest absolute Gasteiger partial charge is 0.444 e. The molecule has 2 aromatic carbocycles. The number of rotatable bonds is 5. The number of halogens is 7. The molecule has 0 aromatic heterocycles. The molecular weight excluding hydrogens is 589 g/mol. The minimum Gasteiger partial charge on any atom is -0.444 e. The van der Waals surface area contributed by atoms with Crippen LogP contribution in [0.4, 0.5) is 35.5 Å². The molecule has 8 nitrogen and oxygen atoms in total.